The van der Waals surface area contributed by atoms with E-state index in [1.807, 2.05) is 0 Å². The van der Waals surface area contributed by atoms with Gasteiger partial charge in [0.1, 0.15) is 5.69 Å². The van der Waals surface area contributed by atoms with Crippen LogP contribution in [-0.2, 0) is 5.41 Å². The Bertz CT molecular complexity index is 410. The topological polar surface area (TPSA) is 54.7 Å². The molecule has 14 heavy (non-hydrogen) atoms. The van der Waals surface area contributed by atoms with E-state index < -0.39 is 0 Å². The molecule has 1 aliphatic heterocycles. The van der Waals surface area contributed by atoms with E-state index >= 15 is 0 Å². The van der Waals surface area contributed by atoms with Crippen molar-refractivity contribution in [1.29, 1.82) is 0 Å². The maximum absolute atomic E-state index is 10.3. The number of nitroso groups, excluding NO2 is 1. The van der Waals surface area contributed by atoms with E-state index in [0.29, 0.717) is 5.69 Å². The molecule has 72 valence electrons. The molecule has 2 heterocycles. The second-order valence-corrected chi connectivity index (χ2v) is 4.08. The molecule has 2 rings (SSSR count). The third kappa shape index (κ3) is 1.32. The third-order valence-electron chi connectivity index (χ3n) is 2.37. The van der Waals surface area contributed by atoms with E-state index in [4.69, 9.17) is 0 Å². The van der Waals surface area contributed by atoms with Crippen LogP contribution in [0.2, 0.25) is 0 Å². The molecule has 0 unspecified atom stereocenters. The molecule has 1 aromatic heterocycles. The number of rotatable bonds is 1. The van der Waals surface area contributed by atoms with E-state index in [1.54, 1.807) is 12.3 Å². The summed E-state index contributed by atoms with van der Waals surface area (Å²) < 4.78 is 0. The minimum absolute atomic E-state index is 0.0501. The predicted octanol–water partition coefficient (Wildman–Crippen LogP) is 2.19. The van der Waals surface area contributed by atoms with Gasteiger partial charge in [-0.2, -0.15) is 0 Å². The molecule has 0 N–H and O–H groups in total. The predicted molar refractivity (Wildman–Crippen MR) is 55.2 cm³/mol. The van der Waals surface area contributed by atoms with Crippen molar-refractivity contribution in [3.05, 3.63) is 28.4 Å². The fourth-order valence-electron chi connectivity index (χ4n) is 1.63. The lowest BCUT2D eigenvalue weighted by Crippen LogP contribution is -2.27. The molecule has 0 atom stereocenters. The van der Waals surface area contributed by atoms with Crippen LogP contribution in [-0.4, -0.2) is 17.7 Å². The zero-order valence-electron chi connectivity index (χ0n) is 8.19. The SMILES string of the molecule is CC1(C)CN=Cc2cc(N=O)cnc21. The fraction of sp³-hybridized carbons (Fsp3) is 0.400. The summed E-state index contributed by atoms with van der Waals surface area (Å²) in [6.45, 7) is 4.91. The molecule has 1 aromatic rings. The van der Waals surface area contributed by atoms with Gasteiger partial charge in [-0.3, -0.25) is 9.98 Å². The van der Waals surface area contributed by atoms with Gasteiger partial charge in [0.05, 0.1) is 11.9 Å². The smallest absolute Gasteiger partial charge is 0.126 e. The maximum atomic E-state index is 10.3. The highest BCUT2D eigenvalue weighted by Gasteiger charge is 2.27. The van der Waals surface area contributed by atoms with Gasteiger partial charge in [-0.05, 0) is 11.2 Å². The number of nitrogens with zero attached hydrogens (tertiary/aromatic N) is 3. The molecule has 1 aliphatic rings. The first-order valence-corrected chi connectivity index (χ1v) is 4.47. The molecule has 0 amide bonds. The van der Waals surface area contributed by atoms with Crippen LogP contribution < -0.4 is 0 Å². The number of pyridine rings is 1. The molecule has 0 spiro atoms. The fourth-order valence-corrected chi connectivity index (χ4v) is 1.63. The van der Waals surface area contributed by atoms with Crippen LogP contribution in [0, 0.1) is 4.91 Å². The van der Waals surface area contributed by atoms with Crippen molar-refractivity contribution in [3.8, 4) is 0 Å². The normalized spacial score (nSPS) is 17.6. The van der Waals surface area contributed by atoms with Crippen molar-refractivity contribution in [3.63, 3.8) is 0 Å². The quantitative estimate of drug-likeness (QED) is 0.636. The molecule has 0 bridgehead atoms. The molecule has 4 nitrogen and oxygen atoms in total. The van der Waals surface area contributed by atoms with Crippen LogP contribution in [0.5, 0.6) is 0 Å². The van der Waals surface area contributed by atoms with Gasteiger partial charge in [0.2, 0.25) is 0 Å². The Morgan fingerprint density at radius 3 is 3.00 bits per heavy atom. The van der Waals surface area contributed by atoms with E-state index in [1.165, 1.54) is 6.20 Å². The zero-order valence-corrected chi connectivity index (χ0v) is 8.19. The lowest BCUT2D eigenvalue weighted by atomic mass is 9.84. The molecule has 0 saturated carbocycles. The van der Waals surface area contributed by atoms with Gasteiger partial charge in [-0.15, -0.1) is 4.91 Å². The standard InChI is InChI=1S/C10H11N3O/c1-10(2)6-11-4-7-3-8(13-14)5-12-9(7)10/h3-5H,6H2,1-2H3. The first-order valence-electron chi connectivity index (χ1n) is 4.47. The molecular formula is C10H11N3O. The van der Waals surface area contributed by atoms with Gasteiger partial charge in [0.25, 0.3) is 0 Å². The van der Waals surface area contributed by atoms with Crippen molar-refractivity contribution in [1.82, 2.24) is 4.98 Å². The van der Waals surface area contributed by atoms with Crippen LogP contribution >= 0.6 is 0 Å². The van der Waals surface area contributed by atoms with Crippen LogP contribution in [0.3, 0.4) is 0 Å². The third-order valence-corrected chi connectivity index (χ3v) is 2.37. The van der Waals surface area contributed by atoms with Crippen molar-refractivity contribution in [2.75, 3.05) is 6.54 Å². The number of hydrogen-bond acceptors (Lipinski definition) is 4. The monoisotopic (exact) mass is 189 g/mol. The average molecular weight is 189 g/mol. The number of aliphatic imine (C=N–C) groups is 1. The highest BCUT2D eigenvalue weighted by Crippen LogP contribution is 2.29. The van der Waals surface area contributed by atoms with Gasteiger partial charge in [-0.25, -0.2) is 0 Å². The molecule has 0 aromatic carbocycles. The average Bonchev–Trinajstić information content (AvgIpc) is 2.16. The second-order valence-electron chi connectivity index (χ2n) is 4.08. The van der Waals surface area contributed by atoms with Crippen molar-refractivity contribution in [2.24, 2.45) is 10.2 Å². The van der Waals surface area contributed by atoms with Crippen LogP contribution in [0.25, 0.3) is 0 Å². The van der Waals surface area contributed by atoms with Gasteiger partial charge in [-0.1, -0.05) is 13.8 Å². The van der Waals surface area contributed by atoms with E-state index in [2.05, 4.69) is 29.0 Å². The first kappa shape index (κ1) is 8.99. The Labute approximate surface area is 82.1 Å². The van der Waals surface area contributed by atoms with Gasteiger partial charge < -0.3 is 0 Å². The minimum Gasteiger partial charge on any atom is -0.292 e. The lowest BCUT2D eigenvalue weighted by molar-refractivity contribution is 0.516. The summed E-state index contributed by atoms with van der Waals surface area (Å²) in [5.74, 6) is 0. The van der Waals surface area contributed by atoms with E-state index in [9.17, 15) is 4.91 Å². The summed E-state index contributed by atoms with van der Waals surface area (Å²) in [6.07, 6.45) is 3.26. The Morgan fingerprint density at radius 2 is 2.29 bits per heavy atom. The van der Waals surface area contributed by atoms with Crippen LogP contribution in [0.1, 0.15) is 25.1 Å². The van der Waals surface area contributed by atoms with Crippen LogP contribution in [0.4, 0.5) is 5.69 Å². The molecule has 4 heteroatoms. The number of aromatic nitrogens is 1. The summed E-state index contributed by atoms with van der Waals surface area (Å²) in [5, 5.41) is 2.85. The largest absolute Gasteiger partial charge is 0.292 e. The van der Waals surface area contributed by atoms with E-state index in [0.717, 1.165) is 17.8 Å². The van der Waals surface area contributed by atoms with Crippen LogP contribution in [0.15, 0.2) is 22.4 Å². The highest BCUT2D eigenvalue weighted by atomic mass is 16.3. The first-order chi connectivity index (χ1) is 6.63. The molecule has 0 aliphatic carbocycles. The second kappa shape index (κ2) is 2.97. The lowest BCUT2D eigenvalue weighted by Gasteiger charge is -2.26. The molecule has 0 fully saturated rings. The zero-order chi connectivity index (χ0) is 10.2. The molecular weight excluding hydrogens is 178 g/mol. The van der Waals surface area contributed by atoms with Crippen molar-refractivity contribution >= 4 is 11.9 Å². The number of hydrogen-bond donors (Lipinski definition) is 0. The highest BCUT2D eigenvalue weighted by molar-refractivity contribution is 5.84. The Kier molecular flexibility index (Phi) is 1.91. The Hall–Kier alpha value is -1.58. The van der Waals surface area contributed by atoms with Crippen molar-refractivity contribution < 1.29 is 0 Å². The van der Waals surface area contributed by atoms with Gasteiger partial charge in [0, 0.05) is 23.7 Å². The summed E-state index contributed by atoms with van der Waals surface area (Å²) in [5.41, 5.74) is 2.19. The number of fused-ring (bicyclic) bond motifs is 1. The van der Waals surface area contributed by atoms with E-state index in [-0.39, 0.29) is 5.41 Å². The molecule has 0 saturated heterocycles. The van der Waals surface area contributed by atoms with Gasteiger partial charge in [0.15, 0.2) is 0 Å². The molecule has 0 radical (unpaired) electrons. The summed E-state index contributed by atoms with van der Waals surface area (Å²) in [7, 11) is 0. The Morgan fingerprint density at radius 1 is 1.50 bits per heavy atom. The van der Waals surface area contributed by atoms with Gasteiger partial charge >= 0.3 is 0 Å². The maximum Gasteiger partial charge on any atom is 0.126 e. The summed E-state index contributed by atoms with van der Waals surface area (Å²) in [6, 6.07) is 1.72. The van der Waals surface area contributed by atoms with Crippen molar-refractivity contribution in [2.45, 2.75) is 19.3 Å². The minimum atomic E-state index is -0.0501. The summed E-state index contributed by atoms with van der Waals surface area (Å²) in [4.78, 5) is 18.8. The Balaban J connectivity index is 2.58. The summed E-state index contributed by atoms with van der Waals surface area (Å²) >= 11 is 0.